The van der Waals surface area contributed by atoms with Gasteiger partial charge in [0.25, 0.3) is 0 Å². The summed E-state index contributed by atoms with van der Waals surface area (Å²) in [4.78, 5) is 29.9. The maximum Gasteiger partial charge on any atom is 0.247 e. The fourth-order valence-electron chi connectivity index (χ4n) is 3.35. The van der Waals surface area contributed by atoms with E-state index >= 15 is 0 Å². The molecule has 0 saturated heterocycles. The molecule has 1 aromatic heterocycles. The van der Waals surface area contributed by atoms with Crippen LogP contribution in [-0.2, 0) is 16.0 Å². The van der Waals surface area contributed by atoms with Crippen LogP contribution in [0.5, 0.6) is 0 Å². The van der Waals surface area contributed by atoms with Crippen molar-refractivity contribution < 1.29 is 14.0 Å². The summed E-state index contributed by atoms with van der Waals surface area (Å²) in [7, 11) is 0. The number of amides is 2. The molecule has 0 saturated carbocycles. The van der Waals surface area contributed by atoms with Crippen molar-refractivity contribution in [1.82, 2.24) is 10.3 Å². The van der Waals surface area contributed by atoms with Crippen molar-refractivity contribution in [3.63, 3.8) is 0 Å². The van der Waals surface area contributed by atoms with E-state index in [1.54, 1.807) is 18.3 Å². The van der Waals surface area contributed by atoms with Crippen LogP contribution in [0.3, 0.4) is 0 Å². The lowest BCUT2D eigenvalue weighted by Gasteiger charge is -2.21. The third-order valence-electron chi connectivity index (χ3n) is 5.18. The molecule has 6 N–H and O–H groups in total. The van der Waals surface area contributed by atoms with Gasteiger partial charge in [-0.2, -0.15) is 0 Å². The van der Waals surface area contributed by atoms with Crippen LogP contribution in [0.15, 0.2) is 60.8 Å². The molecule has 3 aromatic rings. The SMILES string of the molecule is NCCC[C@H](N)C(=O)N[C@H](CCc1ccc(F)cc1)C(=O)Nc1cnc2ccccc2c1. The second-order valence-electron chi connectivity index (χ2n) is 7.67. The van der Waals surface area contributed by atoms with Crippen molar-refractivity contribution in [1.29, 1.82) is 0 Å². The van der Waals surface area contributed by atoms with E-state index in [-0.39, 0.29) is 11.7 Å². The Bertz CT molecular complexity index is 1060. The second-order valence-corrected chi connectivity index (χ2v) is 7.67. The van der Waals surface area contributed by atoms with Gasteiger partial charge in [-0.15, -0.1) is 0 Å². The number of nitrogens with one attached hydrogen (secondary N) is 2. The summed E-state index contributed by atoms with van der Waals surface area (Å²) in [5, 5.41) is 6.47. The number of carbonyl (C=O) groups excluding carboxylic acids is 2. The van der Waals surface area contributed by atoms with Crippen LogP contribution in [0.4, 0.5) is 10.1 Å². The Morgan fingerprint density at radius 3 is 2.53 bits per heavy atom. The maximum atomic E-state index is 13.2. The first-order chi connectivity index (χ1) is 15.5. The van der Waals surface area contributed by atoms with Gasteiger partial charge in [0.2, 0.25) is 11.8 Å². The molecule has 0 spiro atoms. The number of halogens is 1. The highest BCUT2D eigenvalue weighted by molar-refractivity contribution is 5.98. The van der Waals surface area contributed by atoms with E-state index in [1.165, 1.54) is 12.1 Å². The van der Waals surface area contributed by atoms with Gasteiger partial charge >= 0.3 is 0 Å². The molecular formula is C24H28FN5O2. The van der Waals surface area contributed by atoms with Crippen molar-refractivity contribution in [2.24, 2.45) is 11.5 Å². The first-order valence-electron chi connectivity index (χ1n) is 10.6. The molecule has 3 rings (SSSR count). The summed E-state index contributed by atoms with van der Waals surface area (Å²) in [5.41, 5.74) is 13.6. The van der Waals surface area contributed by atoms with Gasteiger partial charge in [-0.3, -0.25) is 14.6 Å². The zero-order chi connectivity index (χ0) is 22.9. The molecule has 32 heavy (non-hydrogen) atoms. The van der Waals surface area contributed by atoms with Gasteiger partial charge in [-0.25, -0.2) is 4.39 Å². The quantitative estimate of drug-likeness (QED) is 0.388. The molecule has 2 atom stereocenters. The minimum atomic E-state index is -0.817. The van der Waals surface area contributed by atoms with Crippen LogP contribution in [0.1, 0.15) is 24.8 Å². The predicted octanol–water partition coefficient (Wildman–Crippen LogP) is 2.50. The Kier molecular flexibility index (Phi) is 8.24. The van der Waals surface area contributed by atoms with E-state index in [4.69, 9.17) is 11.5 Å². The summed E-state index contributed by atoms with van der Waals surface area (Å²) in [6, 6.07) is 13.9. The van der Waals surface area contributed by atoms with Crippen LogP contribution in [0, 0.1) is 5.82 Å². The number of nitrogens with two attached hydrogens (primary N) is 2. The Morgan fingerprint density at radius 2 is 1.78 bits per heavy atom. The summed E-state index contributed by atoms with van der Waals surface area (Å²) in [5.74, 6) is -1.11. The number of para-hydroxylation sites is 1. The standard InChI is InChI=1S/C24H28FN5O2/c25-18-10-7-16(8-11-18)9-12-22(30-23(31)20(27)5-3-13-26)24(32)29-19-14-17-4-1-2-6-21(17)28-15-19/h1-2,4,6-8,10-11,14-15,20,22H,3,5,9,12-13,26-27H2,(H,29,32)(H,30,31)/t20-,22+/m0/s1. The zero-order valence-corrected chi connectivity index (χ0v) is 17.8. The molecule has 0 unspecified atom stereocenters. The fraction of sp³-hybridized carbons (Fsp3) is 0.292. The molecule has 7 nitrogen and oxygen atoms in total. The number of nitrogens with zero attached hydrogens (tertiary/aromatic N) is 1. The van der Waals surface area contributed by atoms with Crippen molar-refractivity contribution in [3.05, 3.63) is 72.2 Å². The van der Waals surface area contributed by atoms with Crippen molar-refractivity contribution in [2.75, 3.05) is 11.9 Å². The highest BCUT2D eigenvalue weighted by atomic mass is 19.1. The lowest BCUT2D eigenvalue weighted by molar-refractivity contribution is -0.127. The number of fused-ring (bicyclic) bond motifs is 1. The van der Waals surface area contributed by atoms with E-state index in [2.05, 4.69) is 15.6 Å². The molecule has 168 valence electrons. The van der Waals surface area contributed by atoms with E-state index in [0.717, 1.165) is 16.5 Å². The van der Waals surface area contributed by atoms with Gasteiger partial charge in [-0.1, -0.05) is 30.3 Å². The van der Waals surface area contributed by atoms with Crippen LogP contribution in [0.25, 0.3) is 10.9 Å². The number of rotatable bonds is 10. The lowest BCUT2D eigenvalue weighted by atomic mass is 10.0. The molecular weight excluding hydrogens is 409 g/mol. The number of anilines is 1. The number of carbonyl (C=O) groups is 2. The third kappa shape index (κ3) is 6.57. The lowest BCUT2D eigenvalue weighted by Crippen LogP contribution is -2.50. The van der Waals surface area contributed by atoms with Gasteiger partial charge in [0, 0.05) is 5.39 Å². The van der Waals surface area contributed by atoms with Crippen molar-refractivity contribution in [3.8, 4) is 0 Å². The zero-order valence-electron chi connectivity index (χ0n) is 17.8. The normalized spacial score (nSPS) is 12.8. The Hall–Kier alpha value is -3.36. The molecule has 2 aromatic carbocycles. The number of aromatic nitrogens is 1. The number of hydrogen-bond donors (Lipinski definition) is 4. The van der Waals surface area contributed by atoms with Crippen LogP contribution >= 0.6 is 0 Å². The molecule has 1 heterocycles. The third-order valence-corrected chi connectivity index (χ3v) is 5.18. The second kappa shape index (κ2) is 11.3. The monoisotopic (exact) mass is 437 g/mol. The van der Waals surface area contributed by atoms with E-state index in [0.29, 0.717) is 37.9 Å². The molecule has 0 radical (unpaired) electrons. The average molecular weight is 438 g/mol. The number of benzene rings is 2. The minimum Gasteiger partial charge on any atom is -0.343 e. The molecule has 0 aliphatic heterocycles. The highest BCUT2D eigenvalue weighted by Crippen LogP contribution is 2.17. The summed E-state index contributed by atoms with van der Waals surface area (Å²) < 4.78 is 13.2. The summed E-state index contributed by atoms with van der Waals surface area (Å²) >= 11 is 0. The molecule has 0 fully saturated rings. The minimum absolute atomic E-state index is 0.327. The predicted molar refractivity (Wildman–Crippen MR) is 123 cm³/mol. The van der Waals surface area contributed by atoms with E-state index in [1.807, 2.05) is 30.3 Å². The van der Waals surface area contributed by atoms with Crippen molar-refractivity contribution >= 4 is 28.4 Å². The largest absolute Gasteiger partial charge is 0.343 e. The van der Waals surface area contributed by atoms with E-state index in [9.17, 15) is 14.0 Å². The van der Waals surface area contributed by atoms with Gasteiger partial charge < -0.3 is 22.1 Å². The highest BCUT2D eigenvalue weighted by Gasteiger charge is 2.24. The Balaban J connectivity index is 1.71. The molecule has 2 amide bonds. The Morgan fingerprint density at radius 1 is 1.03 bits per heavy atom. The summed E-state index contributed by atoms with van der Waals surface area (Å²) in [6.45, 7) is 0.435. The summed E-state index contributed by atoms with van der Waals surface area (Å²) in [6.07, 6.45) is 3.43. The molecule has 0 bridgehead atoms. The number of hydrogen-bond acceptors (Lipinski definition) is 5. The van der Waals surface area contributed by atoms with Gasteiger partial charge in [0.05, 0.1) is 23.4 Å². The average Bonchev–Trinajstić information content (AvgIpc) is 2.80. The van der Waals surface area contributed by atoms with Crippen molar-refractivity contribution in [2.45, 2.75) is 37.8 Å². The van der Waals surface area contributed by atoms with Gasteiger partial charge in [-0.05, 0) is 62.1 Å². The number of aryl methyl sites for hydroxylation is 1. The maximum absolute atomic E-state index is 13.2. The smallest absolute Gasteiger partial charge is 0.247 e. The van der Waals surface area contributed by atoms with Gasteiger partial charge in [0.15, 0.2) is 0 Å². The number of pyridine rings is 1. The van der Waals surface area contributed by atoms with Crippen LogP contribution in [0.2, 0.25) is 0 Å². The van der Waals surface area contributed by atoms with Crippen LogP contribution in [-0.4, -0.2) is 35.4 Å². The first kappa shape index (κ1) is 23.3. The molecule has 0 aliphatic rings. The van der Waals surface area contributed by atoms with Crippen LogP contribution < -0.4 is 22.1 Å². The Labute approximate surface area is 186 Å². The van der Waals surface area contributed by atoms with E-state index < -0.39 is 18.0 Å². The topological polar surface area (TPSA) is 123 Å². The van der Waals surface area contributed by atoms with Gasteiger partial charge in [0.1, 0.15) is 11.9 Å². The molecule has 8 heteroatoms. The fourth-order valence-corrected chi connectivity index (χ4v) is 3.35. The first-order valence-corrected chi connectivity index (χ1v) is 10.6. The molecule has 0 aliphatic carbocycles.